The third-order valence-corrected chi connectivity index (χ3v) is 2.09. The van der Waals surface area contributed by atoms with Crippen molar-refractivity contribution >= 4 is 17.6 Å². The molecule has 0 bridgehead atoms. The van der Waals surface area contributed by atoms with Crippen LogP contribution in [0.4, 0.5) is 0 Å². The number of aromatic nitrogens is 3. The molecule has 2 heterocycles. The van der Waals surface area contributed by atoms with Gasteiger partial charge in [0, 0.05) is 12.4 Å². The first kappa shape index (κ1) is 10.6. The van der Waals surface area contributed by atoms with Crippen LogP contribution in [0.15, 0.2) is 22.9 Å². The number of hydrogen-bond donors (Lipinski definition) is 0. The monoisotopic (exact) mass is 239 g/mol. The van der Waals surface area contributed by atoms with Crippen molar-refractivity contribution in [2.24, 2.45) is 0 Å². The number of nitrogens with zero attached hydrogens (tertiary/aromatic N) is 3. The van der Waals surface area contributed by atoms with Gasteiger partial charge < -0.3 is 9.15 Å². The topological polar surface area (TPSA) is 78.1 Å². The Hall–Kier alpha value is -1.95. The Balaban J connectivity index is 2.39. The van der Waals surface area contributed by atoms with Crippen molar-refractivity contribution in [2.75, 3.05) is 7.11 Å². The number of carbonyl (C=O) groups excluding carboxylic acids is 1. The molecular weight excluding hydrogens is 234 g/mol. The van der Waals surface area contributed by atoms with E-state index in [1.165, 1.54) is 19.5 Å². The lowest BCUT2D eigenvalue weighted by Crippen LogP contribution is -2.00. The summed E-state index contributed by atoms with van der Waals surface area (Å²) in [4.78, 5) is 14.9. The Labute approximate surface area is 95.2 Å². The molecular formula is C9H6ClN3O3. The van der Waals surface area contributed by atoms with Gasteiger partial charge >= 0.3 is 11.9 Å². The number of pyridine rings is 1. The lowest BCUT2D eigenvalue weighted by atomic mass is 10.3. The van der Waals surface area contributed by atoms with E-state index < -0.39 is 5.97 Å². The second-order valence-electron chi connectivity index (χ2n) is 2.76. The third kappa shape index (κ3) is 1.87. The zero-order chi connectivity index (χ0) is 11.5. The van der Waals surface area contributed by atoms with Crippen LogP contribution in [0.5, 0.6) is 0 Å². The van der Waals surface area contributed by atoms with Gasteiger partial charge in [-0.3, -0.25) is 4.98 Å². The van der Waals surface area contributed by atoms with Crippen LogP contribution in [0.25, 0.3) is 11.5 Å². The molecule has 16 heavy (non-hydrogen) atoms. The van der Waals surface area contributed by atoms with E-state index in [2.05, 4.69) is 19.9 Å². The number of esters is 1. The van der Waals surface area contributed by atoms with Gasteiger partial charge in [0.05, 0.1) is 17.7 Å². The molecule has 0 N–H and O–H groups in total. The fourth-order valence-electron chi connectivity index (χ4n) is 1.05. The van der Waals surface area contributed by atoms with Crippen LogP contribution in [0.3, 0.4) is 0 Å². The molecule has 0 saturated heterocycles. The van der Waals surface area contributed by atoms with Crippen LogP contribution in [0.2, 0.25) is 5.02 Å². The van der Waals surface area contributed by atoms with Crippen LogP contribution in [0.1, 0.15) is 10.7 Å². The summed E-state index contributed by atoms with van der Waals surface area (Å²) in [7, 11) is 1.23. The molecule has 6 nitrogen and oxygen atoms in total. The zero-order valence-electron chi connectivity index (χ0n) is 8.18. The molecule has 0 fully saturated rings. The highest BCUT2D eigenvalue weighted by atomic mass is 35.5. The summed E-state index contributed by atoms with van der Waals surface area (Å²) in [6.07, 6.45) is 2.97. The first-order valence-corrected chi connectivity index (χ1v) is 4.62. The van der Waals surface area contributed by atoms with Gasteiger partial charge in [0.2, 0.25) is 5.89 Å². The van der Waals surface area contributed by atoms with Gasteiger partial charge in [-0.1, -0.05) is 11.6 Å². The summed E-state index contributed by atoms with van der Waals surface area (Å²) in [6, 6.07) is 1.61. The molecule has 7 heteroatoms. The Morgan fingerprint density at radius 3 is 3.00 bits per heavy atom. The summed E-state index contributed by atoms with van der Waals surface area (Å²) < 4.78 is 9.53. The SMILES string of the molecule is COC(=O)c1nnc(-c2ccncc2Cl)o1. The number of ether oxygens (including phenoxy) is 1. The quantitative estimate of drug-likeness (QED) is 0.741. The normalized spacial score (nSPS) is 10.1. The zero-order valence-corrected chi connectivity index (χ0v) is 8.93. The molecule has 2 aromatic heterocycles. The minimum atomic E-state index is -0.691. The van der Waals surface area contributed by atoms with Gasteiger partial charge in [-0.2, -0.15) is 0 Å². The van der Waals surface area contributed by atoms with Gasteiger partial charge in [-0.15, -0.1) is 10.2 Å². The Kier molecular flexibility index (Phi) is 2.82. The predicted molar refractivity (Wildman–Crippen MR) is 53.9 cm³/mol. The van der Waals surface area contributed by atoms with Crippen LogP contribution in [0, 0.1) is 0 Å². The molecule has 0 aliphatic rings. The average molecular weight is 240 g/mol. The van der Waals surface area contributed by atoms with Gasteiger partial charge in [-0.25, -0.2) is 4.79 Å². The first-order valence-electron chi connectivity index (χ1n) is 4.24. The number of carbonyl (C=O) groups is 1. The molecule has 0 amide bonds. The number of methoxy groups -OCH3 is 1. The highest BCUT2D eigenvalue weighted by molar-refractivity contribution is 6.32. The summed E-state index contributed by atoms with van der Waals surface area (Å²) in [5.74, 6) is -0.762. The molecule has 2 aromatic rings. The van der Waals surface area contributed by atoms with E-state index in [1.807, 2.05) is 0 Å². The molecule has 0 spiro atoms. The minimum Gasteiger partial charge on any atom is -0.462 e. The highest BCUT2D eigenvalue weighted by Crippen LogP contribution is 2.25. The maximum Gasteiger partial charge on any atom is 0.396 e. The van der Waals surface area contributed by atoms with E-state index in [0.717, 1.165) is 0 Å². The van der Waals surface area contributed by atoms with Crippen LogP contribution >= 0.6 is 11.6 Å². The average Bonchev–Trinajstić information content (AvgIpc) is 2.78. The van der Waals surface area contributed by atoms with Crippen molar-refractivity contribution in [2.45, 2.75) is 0 Å². The number of rotatable bonds is 2. The maximum atomic E-state index is 11.1. The summed E-state index contributed by atoms with van der Waals surface area (Å²) in [6.45, 7) is 0. The fraction of sp³-hybridized carbons (Fsp3) is 0.111. The van der Waals surface area contributed by atoms with E-state index in [4.69, 9.17) is 16.0 Å². The number of halogens is 1. The first-order chi connectivity index (χ1) is 7.72. The highest BCUT2D eigenvalue weighted by Gasteiger charge is 2.17. The van der Waals surface area contributed by atoms with Crippen molar-refractivity contribution in [3.8, 4) is 11.5 Å². The van der Waals surface area contributed by atoms with Gasteiger partial charge in [0.25, 0.3) is 0 Å². The third-order valence-electron chi connectivity index (χ3n) is 1.79. The van der Waals surface area contributed by atoms with E-state index in [1.54, 1.807) is 6.07 Å². The Morgan fingerprint density at radius 2 is 2.31 bits per heavy atom. The minimum absolute atomic E-state index is 0.146. The van der Waals surface area contributed by atoms with E-state index in [-0.39, 0.29) is 11.8 Å². The van der Waals surface area contributed by atoms with E-state index in [9.17, 15) is 4.79 Å². The van der Waals surface area contributed by atoms with Gasteiger partial charge in [-0.05, 0) is 6.07 Å². The van der Waals surface area contributed by atoms with E-state index in [0.29, 0.717) is 10.6 Å². The largest absolute Gasteiger partial charge is 0.462 e. The molecule has 0 aliphatic carbocycles. The Morgan fingerprint density at radius 1 is 1.50 bits per heavy atom. The van der Waals surface area contributed by atoms with Gasteiger partial charge in [0.1, 0.15) is 0 Å². The molecule has 0 atom stereocenters. The van der Waals surface area contributed by atoms with Crippen LogP contribution in [-0.4, -0.2) is 28.3 Å². The molecule has 0 aliphatic heterocycles. The van der Waals surface area contributed by atoms with E-state index >= 15 is 0 Å². The standard InChI is InChI=1S/C9H6ClN3O3/c1-15-9(14)8-13-12-7(16-8)5-2-3-11-4-6(5)10/h2-4H,1H3. The van der Waals surface area contributed by atoms with Crippen molar-refractivity contribution in [3.63, 3.8) is 0 Å². The molecule has 82 valence electrons. The molecule has 0 unspecified atom stereocenters. The van der Waals surface area contributed by atoms with Crippen molar-refractivity contribution in [1.29, 1.82) is 0 Å². The van der Waals surface area contributed by atoms with Crippen molar-refractivity contribution in [1.82, 2.24) is 15.2 Å². The molecule has 0 saturated carbocycles. The summed E-state index contributed by atoms with van der Waals surface area (Å²) in [5, 5.41) is 7.58. The van der Waals surface area contributed by atoms with Crippen LogP contribution < -0.4 is 0 Å². The summed E-state index contributed by atoms with van der Waals surface area (Å²) in [5.41, 5.74) is 0.513. The smallest absolute Gasteiger partial charge is 0.396 e. The molecule has 0 radical (unpaired) electrons. The molecule has 2 rings (SSSR count). The number of hydrogen-bond acceptors (Lipinski definition) is 6. The van der Waals surface area contributed by atoms with Crippen molar-refractivity contribution < 1.29 is 13.9 Å². The van der Waals surface area contributed by atoms with Crippen LogP contribution in [-0.2, 0) is 4.74 Å². The summed E-state index contributed by atoms with van der Waals surface area (Å²) >= 11 is 5.88. The fourth-order valence-corrected chi connectivity index (χ4v) is 1.25. The maximum absolute atomic E-state index is 11.1. The lowest BCUT2D eigenvalue weighted by molar-refractivity contribution is 0.0556. The predicted octanol–water partition coefficient (Wildman–Crippen LogP) is 1.57. The Bertz CT molecular complexity index is 526. The molecule has 0 aromatic carbocycles. The second kappa shape index (κ2) is 4.28. The van der Waals surface area contributed by atoms with Gasteiger partial charge in [0.15, 0.2) is 0 Å². The lowest BCUT2D eigenvalue weighted by Gasteiger charge is -1.95. The second-order valence-corrected chi connectivity index (χ2v) is 3.17. The van der Waals surface area contributed by atoms with Crippen molar-refractivity contribution in [3.05, 3.63) is 29.4 Å².